The second-order valence-corrected chi connectivity index (χ2v) is 5.65. The van der Waals surface area contributed by atoms with Crippen LogP contribution >= 0.6 is 35.8 Å². The van der Waals surface area contributed by atoms with Crippen molar-refractivity contribution in [2.45, 2.75) is 29.9 Å². The predicted molar refractivity (Wildman–Crippen MR) is 86.1 cm³/mol. The van der Waals surface area contributed by atoms with Crippen molar-refractivity contribution in [1.29, 1.82) is 0 Å². The fourth-order valence-corrected chi connectivity index (χ4v) is 2.91. The molecule has 3 N–H and O–H groups in total. The largest absolute Gasteiger partial charge is 0.364 e. The van der Waals surface area contributed by atoms with E-state index in [9.17, 15) is 4.79 Å². The number of benzene rings is 1. The average Bonchev–Trinajstić information content (AvgIpc) is 2.88. The van der Waals surface area contributed by atoms with Gasteiger partial charge < -0.3 is 15.8 Å². The molecule has 1 aromatic rings. The molecule has 1 aliphatic rings. The molecule has 20 heavy (non-hydrogen) atoms. The van der Waals surface area contributed by atoms with Crippen molar-refractivity contribution < 1.29 is 9.53 Å². The topological polar surface area (TPSA) is 64.4 Å². The van der Waals surface area contributed by atoms with Crippen molar-refractivity contribution in [3.63, 3.8) is 0 Å². The molecule has 0 radical (unpaired) electrons. The first kappa shape index (κ1) is 17.6. The number of halogens is 2. The van der Waals surface area contributed by atoms with Gasteiger partial charge in [-0.25, -0.2) is 0 Å². The van der Waals surface area contributed by atoms with E-state index in [0.717, 1.165) is 11.3 Å². The lowest BCUT2D eigenvalue weighted by molar-refractivity contribution is -0.126. The number of rotatable bonds is 4. The predicted octanol–water partition coefficient (Wildman–Crippen LogP) is 2.93. The smallest absolute Gasteiger partial charge is 0.253 e. The van der Waals surface area contributed by atoms with Gasteiger partial charge in [-0.2, -0.15) is 0 Å². The van der Waals surface area contributed by atoms with E-state index in [1.807, 2.05) is 18.4 Å². The summed E-state index contributed by atoms with van der Waals surface area (Å²) in [5.41, 5.74) is 6.21. The molecule has 0 spiro atoms. The summed E-state index contributed by atoms with van der Waals surface area (Å²) in [7, 11) is 0. The van der Waals surface area contributed by atoms with Gasteiger partial charge in [0.25, 0.3) is 5.91 Å². The van der Waals surface area contributed by atoms with Crippen LogP contribution in [0.25, 0.3) is 0 Å². The third-order valence-corrected chi connectivity index (χ3v) is 4.30. The molecule has 1 heterocycles. The van der Waals surface area contributed by atoms with E-state index in [0.29, 0.717) is 23.7 Å². The number of carbonyl (C=O) groups excluding carboxylic acids is 1. The molecule has 1 saturated heterocycles. The van der Waals surface area contributed by atoms with Crippen molar-refractivity contribution in [2.75, 3.05) is 18.1 Å². The van der Waals surface area contributed by atoms with Crippen LogP contribution in [0, 0.1) is 0 Å². The lowest BCUT2D eigenvalue weighted by Gasteiger charge is -2.13. The summed E-state index contributed by atoms with van der Waals surface area (Å²) in [6, 6.07) is 5.48. The fraction of sp³-hybridized carbons (Fsp3) is 0.462. The average molecular weight is 337 g/mol. The monoisotopic (exact) mass is 336 g/mol. The van der Waals surface area contributed by atoms with Gasteiger partial charge in [-0.05, 0) is 37.3 Å². The number of carbonyl (C=O) groups is 1. The van der Waals surface area contributed by atoms with Gasteiger partial charge in [-0.1, -0.05) is 11.6 Å². The molecule has 1 amide bonds. The van der Waals surface area contributed by atoms with Crippen LogP contribution in [0.3, 0.4) is 0 Å². The van der Waals surface area contributed by atoms with E-state index >= 15 is 0 Å². The van der Waals surface area contributed by atoms with Gasteiger partial charge in [0.2, 0.25) is 0 Å². The maximum Gasteiger partial charge on any atom is 0.253 e. The first-order chi connectivity index (χ1) is 9.13. The molecule has 1 aromatic carbocycles. The molecule has 0 aliphatic carbocycles. The van der Waals surface area contributed by atoms with Gasteiger partial charge >= 0.3 is 0 Å². The normalized spacial score (nSPS) is 21.4. The van der Waals surface area contributed by atoms with E-state index in [4.69, 9.17) is 22.1 Å². The van der Waals surface area contributed by atoms with E-state index in [1.165, 1.54) is 0 Å². The molecule has 4 nitrogen and oxygen atoms in total. The molecule has 7 heteroatoms. The quantitative estimate of drug-likeness (QED) is 0.829. The van der Waals surface area contributed by atoms with Crippen LogP contribution in [0.2, 0.25) is 5.02 Å². The molecule has 2 rings (SSSR count). The minimum Gasteiger partial charge on any atom is -0.364 e. The summed E-state index contributed by atoms with van der Waals surface area (Å²) >= 11 is 7.67. The summed E-state index contributed by atoms with van der Waals surface area (Å²) in [5, 5.41) is 3.46. The maximum atomic E-state index is 12.0. The highest BCUT2D eigenvalue weighted by Crippen LogP contribution is 2.28. The number of nitrogens with one attached hydrogen (secondary N) is 1. The number of hydrogen-bond donors (Lipinski definition) is 2. The minimum atomic E-state index is -0.410. The van der Waals surface area contributed by atoms with Gasteiger partial charge in [-0.3, -0.25) is 4.79 Å². The number of anilines is 1. The summed E-state index contributed by atoms with van der Waals surface area (Å²) in [6.45, 7) is 0.456. The Morgan fingerprint density at radius 3 is 2.85 bits per heavy atom. The fourth-order valence-electron chi connectivity index (χ4n) is 2.04. The highest BCUT2D eigenvalue weighted by Gasteiger charge is 2.29. The Hall–Kier alpha value is -0.460. The molecule has 0 unspecified atom stereocenters. The molecular formula is C13H18Cl2N2O2S. The first-order valence-electron chi connectivity index (χ1n) is 6.14. The first-order valence-corrected chi connectivity index (χ1v) is 7.74. The number of hydrogen-bond acceptors (Lipinski definition) is 4. The third kappa shape index (κ3) is 4.27. The van der Waals surface area contributed by atoms with Gasteiger partial charge in [0.15, 0.2) is 0 Å². The SMILES string of the molecule is CSc1ccc(NC(=O)[C@@H]2CC[C@H](CN)O2)cc1Cl.Cl. The Bertz CT molecular complexity index is 474. The zero-order chi connectivity index (χ0) is 13.8. The second-order valence-electron chi connectivity index (χ2n) is 4.40. The summed E-state index contributed by atoms with van der Waals surface area (Å²) in [5.74, 6) is -0.135. The zero-order valence-corrected chi connectivity index (χ0v) is 13.5. The number of thioether (sulfide) groups is 1. The summed E-state index contributed by atoms with van der Waals surface area (Å²) < 4.78 is 5.55. The lowest BCUT2D eigenvalue weighted by atomic mass is 10.2. The molecule has 0 aromatic heterocycles. The Kier molecular flexibility index (Phi) is 7.12. The van der Waals surface area contributed by atoms with Crippen LogP contribution in [0.5, 0.6) is 0 Å². The van der Waals surface area contributed by atoms with Gasteiger partial charge in [-0.15, -0.1) is 24.2 Å². The molecule has 1 fully saturated rings. The van der Waals surface area contributed by atoms with Crippen molar-refractivity contribution in [3.05, 3.63) is 23.2 Å². The Morgan fingerprint density at radius 1 is 1.55 bits per heavy atom. The van der Waals surface area contributed by atoms with Crippen LogP contribution in [0.1, 0.15) is 12.8 Å². The van der Waals surface area contributed by atoms with Crippen molar-refractivity contribution in [3.8, 4) is 0 Å². The lowest BCUT2D eigenvalue weighted by Crippen LogP contribution is -2.29. The molecule has 0 saturated carbocycles. The van der Waals surface area contributed by atoms with Crippen LogP contribution in [0.15, 0.2) is 23.1 Å². The molecule has 112 valence electrons. The Balaban J connectivity index is 0.00000200. The summed E-state index contributed by atoms with van der Waals surface area (Å²) in [6.07, 6.45) is 3.09. The van der Waals surface area contributed by atoms with E-state index in [2.05, 4.69) is 5.32 Å². The van der Waals surface area contributed by atoms with E-state index < -0.39 is 6.10 Å². The van der Waals surface area contributed by atoms with Crippen LogP contribution < -0.4 is 11.1 Å². The number of ether oxygens (including phenoxy) is 1. The van der Waals surface area contributed by atoms with Gasteiger partial charge in [0.1, 0.15) is 6.10 Å². The highest BCUT2D eigenvalue weighted by molar-refractivity contribution is 7.98. The standard InChI is InChI=1S/C13H17ClN2O2S.ClH/c1-19-12-5-2-8(6-10(12)14)16-13(17)11-4-3-9(7-15)18-11;/h2,5-6,9,11H,3-4,7,15H2,1H3,(H,16,17);1H/t9-,11+;/m1./s1. The van der Waals surface area contributed by atoms with Crippen LogP contribution in [-0.2, 0) is 9.53 Å². The van der Waals surface area contributed by atoms with E-state index in [1.54, 1.807) is 17.8 Å². The van der Waals surface area contributed by atoms with Gasteiger partial charge in [0, 0.05) is 17.1 Å². The van der Waals surface area contributed by atoms with E-state index in [-0.39, 0.29) is 24.4 Å². The molecular weight excluding hydrogens is 319 g/mol. The van der Waals surface area contributed by atoms with Gasteiger partial charge in [0.05, 0.1) is 11.1 Å². The molecule has 1 aliphatic heterocycles. The van der Waals surface area contributed by atoms with Crippen LogP contribution in [-0.4, -0.2) is 30.9 Å². The Labute approximate surface area is 134 Å². The molecule has 0 bridgehead atoms. The zero-order valence-electron chi connectivity index (χ0n) is 11.1. The number of nitrogens with two attached hydrogens (primary N) is 1. The molecule has 2 atom stereocenters. The van der Waals surface area contributed by atoms with Crippen molar-refractivity contribution in [1.82, 2.24) is 0 Å². The van der Waals surface area contributed by atoms with Crippen molar-refractivity contribution in [2.24, 2.45) is 5.73 Å². The minimum absolute atomic E-state index is 0. The Morgan fingerprint density at radius 2 is 2.30 bits per heavy atom. The van der Waals surface area contributed by atoms with Crippen LogP contribution in [0.4, 0.5) is 5.69 Å². The summed E-state index contributed by atoms with van der Waals surface area (Å²) in [4.78, 5) is 13.0. The third-order valence-electron chi connectivity index (χ3n) is 3.08. The highest BCUT2D eigenvalue weighted by atomic mass is 35.5. The number of amides is 1. The maximum absolute atomic E-state index is 12.0. The van der Waals surface area contributed by atoms with Crippen molar-refractivity contribution >= 4 is 47.4 Å². The second kappa shape index (κ2) is 8.10.